The molecule has 2 heterocycles. The third-order valence-electron chi connectivity index (χ3n) is 3.66. The first-order valence-electron chi connectivity index (χ1n) is 7.49. The van der Waals surface area contributed by atoms with Crippen LogP contribution >= 0.6 is 11.3 Å². The van der Waals surface area contributed by atoms with Crippen molar-refractivity contribution in [3.05, 3.63) is 56.6 Å². The van der Waals surface area contributed by atoms with E-state index in [1.807, 2.05) is 23.6 Å². The summed E-state index contributed by atoms with van der Waals surface area (Å²) in [6, 6.07) is 8.45. The molecule has 0 saturated carbocycles. The minimum Gasteiger partial charge on any atom is -0.395 e. The highest BCUT2D eigenvalue weighted by atomic mass is 32.1. The third-order valence-corrected chi connectivity index (χ3v) is 4.71. The van der Waals surface area contributed by atoms with Crippen molar-refractivity contribution in [2.75, 3.05) is 0 Å². The van der Waals surface area contributed by atoms with Gasteiger partial charge in [-0.1, -0.05) is 30.4 Å². The maximum absolute atomic E-state index is 12.3. The predicted molar refractivity (Wildman–Crippen MR) is 90.1 cm³/mol. The van der Waals surface area contributed by atoms with Crippen LogP contribution in [0.5, 0.6) is 0 Å². The summed E-state index contributed by atoms with van der Waals surface area (Å²) < 4.78 is 7.95. The van der Waals surface area contributed by atoms with Crippen LogP contribution in [0.4, 0.5) is 5.88 Å². The molecule has 0 unspecified atom stereocenters. The Hall–Kier alpha value is -2.74. The first-order valence-corrected chi connectivity index (χ1v) is 8.31. The number of nitro groups is 1. The van der Waals surface area contributed by atoms with E-state index >= 15 is 0 Å². The number of furan rings is 1. The Kier molecular flexibility index (Phi) is 4.30. The van der Waals surface area contributed by atoms with Crippen LogP contribution in [0.25, 0.3) is 10.2 Å². The lowest BCUT2D eigenvalue weighted by molar-refractivity contribution is -0.402. The van der Waals surface area contributed by atoms with Crippen LogP contribution in [0.15, 0.2) is 39.7 Å². The molecular weight excluding hydrogens is 330 g/mol. The highest BCUT2D eigenvalue weighted by molar-refractivity contribution is 7.16. The van der Waals surface area contributed by atoms with E-state index in [0.29, 0.717) is 11.3 Å². The van der Waals surface area contributed by atoms with Crippen LogP contribution in [0.1, 0.15) is 30.0 Å². The molecule has 1 aromatic carbocycles. The number of aromatic nitrogens is 1. The summed E-state index contributed by atoms with van der Waals surface area (Å²) in [5.74, 6) is -1.24. The quantitative estimate of drug-likeness (QED) is 0.534. The minimum atomic E-state index is -0.685. The Balaban J connectivity index is 2.12. The number of thiazole rings is 1. The van der Waals surface area contributed by atoms with E-state index in [1.54, 1.807) is 0 Å². The van der Waals surface area contributed by atoms with Gasteiger partial charge in [0.2, 0.25) is 5.76 Å². The molecule has 0 aliphatic carbocycles. The standard InChI is InChI=1S/C16H15N3O4S/c1-3-10-6-5-7-12-14(10)18(4-2)16(24-12)17-15(20)11-8-9-13(23-11)19(21)22/h5-9H,3-4H2,1-2H3. The Morgan fingerprint density at radius 2 is 2.12 bits per heavy atom. The third kappa shape index (κ3) is 2.76. The molecule has 0 bridgehead atoms. The van der Waals surface area contributed by atoms with Crippen molar-refractivity contribution < 1.29 is 14.1 Å². The monoisotopic (exact) mass is 345 g/mol. The van der Waals surface area contributed by atoms with E-state index in [0.717, 1.165) is 22.7 Å². The summed E-state index contributed by atoms with van der Waals surface area (Å²) in [6.45, 7) is 4.73. The van der Waals surface area contributed by atoms with Gasteiger partial charge < -0.3 is 8.98 Å². The molecule has 7 nitrogen and oxygen atoms in total. The van der Waals surface area contributed by atoms with Crippen LogP contribution < -0.4 is 4.80 Å². The minimum absolute atomic E-state index is 0.141. The zero-order valence-electron chi connectivity index (χ0n) is 13.2. The predicted octanol–water partition coefficient (Wildman–Crippen LogP) is 3.53. The van der Waals surface area contributed by atoms with Gasteiger partial charge in [0.05, 0.1) is 16.3 Å². The molecule has 2 aromatic heterocycles. The lowest BCUT2D eigenvalue weighted by Gasteiger charge is -2.04. The molecule has 1 amide bonds. The van der Waals surface area contributed by atoms with E-state index in [-0.39, 0.29) is 5.76 Å². The van der Waals surface area contributed by atoms with Gasteiger partial charge >= 0.3 is 11.8 Å². The van der Waals surface area contributed by atoms with Crippen LogP contribution in [-0.2, 0) is 13.0 Å². The normalized spacial score (nSPS) is 12.0. The Morgan fingerprint density at radius 1 is 1.33 bits per heavy atom. The second-order valence-electron chi connectivity index (χ2n) is 5.06. The smallest absolute Gasteiger partial charge is 0.395 e. The number of amides is 1. The number of aryl methyl sites for hydroxylation is 2. The van der Waals surface area contributed by atoms with Gasteiger partial charge in [0.1, 0.15) is 4.92 Å². The van der Waals surface area contributed by atoms with Crippen molar-refractivity contribution in [3.63, 3.8) is 0 Å². The number of fused-ring (bicyclic) bond motifs is 1. The zero-order chi connectivity index (χ0) is 17.3. The average molecular weight is 345 g/mol. The SMILES string of the molecule is CCc1cccc2sc(=NC(=O)c3ccc([N+](=O)[O-])o3)n(CC)c12. The van der Waals surface area contributed by atoms with Crippen LogP contribution in [0.2, 0.25) is 0 Å². The Bertz CT molecular complexity index is 996. The number of carbonyl (C=O) groups excluding carboxylic acids is 1. The summed E-state index contributed by atoms with van der Waals surface area (Å²) in [6.07, 6.45) is 0.881. The molecule has 3 rings (SSSR count). The molecule has 124 valence electrons. The number of nitrogens with zero attached hydrogens (tertiary/aromatic N) is 3. The van der Waals surface area contributed by atoms with Crippen molar-refractivity contribution in [2.24, 2.45) is 4.99 Å². The molecule has 0 aliphatic rings. The molecule has 0 atom stereocenters. The second-order valence-corrected chi connectivity index (χ2v) is 6.07. The van der Waals surface area contributed by atoms with E-state index < -0.39 is 16.7 Å². The maximum atomic E-state index is 12.3. The molecule has 0 N–H and O–H groups in total. The fraction of sp³-hybridized carbons (Fsp3) is 0.250. The largest absolute Gasteiger partial charge is 0.433 e. The van der Waals surface area contributed by atoms with Gasteiger partial charge in [-0.25, -0.2) is 0 Å². The van der Waals surface area contributed by atoms with Gasteiger partial charge in [0.15, 0.2) is 4.80 Å². The van der Waals surface area contributed by atoms with Gasteiger partial charge in [-0.3, -0.25) is 14.9 Å². The lowest BCUT2D eigenvalue weighted by atomic mass is 10.1. The van der Waals surface area contributed by atoms with Crippen molar-refractivity contribution in [1.82, 2.24) is 4.57 Å². The Morgan fingerprint density at radius 3 is 2.75 bits per heavy atom. The number of hydrogen-bond acceptors (Lipinski definition) is 5. The van der Waals surface area contributed by atoms with E-state index in [1.165, 1.54) is 23.0 Å². The summed E-state index contributed by atoms with van der Waals surface area (Å²) in [5.41, 5.74) is 2.26. The molecule has 0 aliphatic heterocycles. The fourth-order valence-corrected chi connectivity index (χ4v) is 3.69. The molecule has 0 fully saturated rings. The van der Waals surface area contributed by atoms with Gasteiger partial charge in [0.25, 0.3) is 0 Å². The Labute approximate surface area is 141 Å². The van der Waals surface area contributed by atoms with Gasteiger partial charge in [-0.05, 0) is 31.0 Å². The van der Waals surface area contributed by atoms with E-state index in [4.69, 9.17) is 4.42 Å². The average Bonchev–Trinajstić information content (AvgIpc) is 3.18. The summed E-state index contributed by atoms with van der Waals surface area (Å²) in [7, 11) is 0. The fourth-order valence-electron chi connectivity index (χ4n) is 2.55. The van der Waals surface area contributed by atoms with Crippen LogP contribution in [-0.4, -0.2) is 15.4 Å². The molecule has 3 aromatic rings. The van der Waals surface area contributed by atoms with Crippen molar-refractivity contribution in [2.45, 2.75) is 26.8 Å². The number of para-hydroxylation sites is 1. The summed E-state index contributed by atoms with van der Waals surface area (Å²) in [4.78, 5) is 26.9. The molecule has 8 heteroatoms. The van der Waals surface area contributed by atoms with Crippen molar-refractivity contribution in [1.29, 1.82) is 0 Å². The van der Waals surface area contributed by atoms with Gasteiger partial charge in [-0.2, -0.15) is 4.99 Å². The van der Waals surface area contributed by atoms with Gasteiger partial charge in [0, 0.05) is 6.54 Å². The lowest BCUT2D eigenvalue weighted by Crippen LogP contribution is -2.16. The number of rotatable bonds is 4. The number of hydrogen-bond donors (Lipinski definition) is 0. The van der Waals surface area contributed by atoms with Crippen LogP contribution in [0, 0.1) is 10.1 Å². The first-order chi connectivity index (χ1) is 11.5. The highest BCUT2D eigenvalue weighted by Crippen LogP contribution is 2.22. The number of benzene rings is 1. The van der Waals surface area contributed by atoms with Crippen LogP contribution in [0.3, 0.4) is 0 Å². The number of carbonyl (C=O) groups is 1. The molecular formula is C16H15N3O4S. The zero-order valence-corrected chi connectivity index (χ0v) is 14.0. The van der Waals surface area contributed by atoms with Crippen molar-refractivity contribution in [3.8, 4) is 0 Å². The second kappa shape index (κ2) is 6.40. The molecule has 0 radical (unpaired) electrons. The highest BCUT2D eigenvalue weighted by Gasteiger charge is 2.17. The molecule has 0 spiro atoms. The topological polar surface area (TPSA) is 90.6 Å². The van der Waals surface area contributed by atoms with E-state index in [9.17, 15) is 14.9 Å². The maximum Gasteiger partial charge on any atom is 0.433 e. The molecule has 24 heavy (non-hydrogen) atoms. The van der Waals surface area contributed by atoms with Crippen molar-refractivity contribution >= 4 is 33.3 Å². The summed E-state index contributed by atoms with van der Waals surface area (Å²) in [5, 5.41) is 10.7. The van der Waals surface area contributed by atoms with E-state index in [2.05, 4.69) is 18.0 Å². The summed E-state index contributed by atoms with van der Waals surface area (Å²) >= 11 is 1.41. The molecule has 0 saturated heterocycles. The first kappa shape index (κ1) is 16.1. The van der Waals surface area contributed by atoms with Gasteiger partial charge in [-0.15, -0.1) is 0 Å².